The van der Waals surface area contributed by atoms with Gasteiger partial charge in [0.25, 0.3) is 0 Å². The van der Waals surface area contributed by atoms with Crippen LogP contribution >= 0.6 is 0 Å². The van der Waals surface area contributed by atoms with Gasteiger partial charge in [0.2, 0.25) is 5.54 Å². The molecule has 0 amide bonds. The van der Waals surface area contributed by atoms with E-state index in [4.69, 9.17) is 4.89 Å². The number of benzene rings is 1. The third kappa shape index (κ3) is 4.04. The lowest BCUT2D eigenvalue weighted by Crippen LogP contribution is -2.33. The molecule has 0 radical (unpaired) electrons. The van der Waals surface area contributed by atoms with E-state index in [1.807, 2.05) is 0 Å². The molecule has 1 aromatic carbocycles. The fourth-order valence-electron chi connectivity index (χ4n) is 1.33. The van der Waals surface area contributed by atoms with E-state index in [9.17, 15) is 14.9 Å². The minimum absolute atomic E-state index is 0.309. The van der Waals surface area contributed by atoms with Crippen molar-refractivity contribution in [3.05, 3.63) is 39.9 Å². The molecule has 1 rings (SSSR count). The summed E-state index contributed by atoms with van der Waals surface area (Å²) in [7, 11) is 0. The molecule has 1 aromatic rings. The van der Waals surface area contributed by atoms with E-state index in [0.29, 0.717) is 12.2 Å². The summed E-state index contributed by atoms with van der Waals surface area (Å²) in [6.07, 6.45) is 0.313. The summed E-state index contributed by atoms with van der Waals surface area (Å²) in [6, 6.07) is 6.58. The predicted molar refractivity (Wildman–Crippen MR) is 63.6 cm³/mol. The first kappa shape index (κ1) is 14.0. The number of nitro groups is 1. The van der Waals surface area contributed by atoms with Crippen LogP contribution in [0.2, 0.25) is 0 Å². The second kappa shape index (κ2) is 5.48. The van der Waals surface area contributed by atoms with Gasteiger partial charge in [-0.2, -0.15) is 0 Å². The van der Waals surface area contributed by atoms with Gasteiger partial charge in [0, 0.05) is 32.1 Å². The number of hydrogen-bond donors (Lipinski definition) is 0. The van der Waals surface area contributed by atoms with Crippen molar-refractivity contribution in [1.29, 1.82) is 0 Å². The Morgan fingerprint density at radius 3 is 2.33 bits per heavy atom. The second-order valence-corrected chi connectivity index (χ2v) is 4.55. The van der Waals surface area contributed by atoms with Crippen LogP contribution in [0.5, 0.6) is 5.75 Å². The summed E-state index contributed by atoms with van der Waals surface area (Å²) in [5.74, 6) is -0.179. The number of hydrogen-bond acceptors (Lipinski definition) is 5. The number of nitrogens with zero attached hydrogens (tertiary/aromatic N) is 1. The van der Waals surface area contributed by atoms with Gasteiger partial charge in [-0.25, -0.2) is 4.79 Å². The van der Waals surface area contributed by atoms with Crippen LogP contribution in [0.25, 0.3) is 0 Å². The molecule has 6 nitrogen and oxygen atoms in total. The van der Waals surface area contributed by atoms with Gasteiger partial charge >= 0.3 is 5.97 Å². The van der Waals surface area contributed by atoms with E-state index in [-0.39, 0.29) is 4.92 Å². The van der Waals surface area contributed by atoms with Crippen molar-refractivity contribution in [1.82, 2.24) is 0 Å². The minimum atomic E-state index is -1.02. The molecule has 0 bridgehead atoms. The maximum Gasteiger partial charge on any atom is 0.352 e. The summed E-state index contributed by atoms with van der Waals surface area (Å²) >= 11 is 0. The smallest absolute Gasteiger partial charge is 0.287 e. The van der Waals surface area contributed by atoms with E-state index in [2.05, 4.69) is 4.89 Å². The van der Waals surface area contributed by atoms with Crippen molar-refractivity contribution in [2.45, 2.75) is 32.7 Å². The summed E-state index contributed by atoms with van der Waals surface area (Å²) in [5.41, 5.74) is -0.204. The maximum absolute atomic E-state index is 10.8. The Hall–Kier alpha value is -2.11. The molecular formula is C12H15NO5. The zero-order chi connectivity index (χ0) is 13.8. The zero-order valence-electron chi connectivity index (χ0n) is 10.5. The fraction of sp³-hybridized carbons (Fsp3) is 0.417. The Morgan fingerprint density at radius 2 is 1.89 bits per heavy atom. The first-order valence-electron chi connectivity index (χ1n) is 5.40. The van der Waals surface area contributed by atoms with Crippen LogP contribution in [-0.4, -0.2) is 16.4 Å². The molecule has 0 unspecified atom stereocenters. The van der Waals surface area contributed by atoms with E-state index < -0.39 is 11.5 Å². The Labute approximate surface area is 105 Å². The largest absolute Gasteiger partial charge is 0.352 e. The summed E-state index contributed by atoms with van der Waals surface area (Å²) < 4.78 is 0. The molecule has 0 atom stereocenters. The molecule has 0 aliphatic heterocycles. The molecule has 0 saturated heterocycles. The first-order chi connectivity index (χ1) is 8.31. The lowest BCUT2D eigenvalue weighted by atomic mass is 9.96. The van der Waals surface area contributed by atoms with Gasteiger partial charge in [-0.15, -0.1) is 0 Å². The van der Waals surface area contributed by atoms with Gasteiger partial charge in [-0.3, -0.25) is 19.9 Å². The molecule has 0 heterocycles. The van der Waals surface area contributed by atoms with Gasteiger partial charge in [0.1, 0.15) is 0 Å². The highest BCUT2D eigenvalue weighted by Gasteiger charge is 2.30. The minimum Gasteiger partial charge on any atom is -0.287 e. The SMILES string of the molecule is CC(=O)OOc1ccc(CC(C)(C)[N+](=O)[O-])cc1. The molecule has 0 fully saturated rings. The first-order valence-corrected chi connectivity index (χ1v) is 5.40. The monoisotopic (exact) mass is 253 g/mol. The van der Waals surface area contributed by atoms with Crippen LogP contribution in [0.15, 0.2) is 24.3 Å². The van der Waals surface area contributed by atoms with Crippen LogP contribution in [0.1, 0.15) is 26.3 Å². The van der Waals surface area contributed by atoms with E-state index in [1.165, 1.54) is 6.92 Å². The molecule has 18 heavy (non-hydrogen) atoms. The average Bonchev–Trinajstić information content (AvgIpc) is 2.27. The molecule has 6 heteroatoms. The summed E-state index contributed by atoms with van der Waals surface area (Å²) in [4.78, 5) is 30.1. The molecule has 0 aliphatic rings. The topological polar surface area (TPSA) is 78.7 Å². The van der Waals surface area contributed by atoms with Crippen molar-refractivity contribution >= 4 is 5.97 Å². The predicted octanol–water partition coefficient (Wildman–Crippen LogP) is 2.14. The third-order valence-corrected chi connectivity index (χ3v) is 2.31. The van der Waals surface area contributed by atoms with Crippen LogP contribution in [0, 0.1) is 10.1 Å². The highest BCUT2D eigenvalue weighted by atomic mass is 17.2. The number of carbonyl (C=O) groups excluding carboxylic acids is 1. The Balaban J connectivity index is 2.66. The average molecular weight is 253 g/mol. The lowest BCUT2D eigenvalue weighted by Gasteiger charge is -2.15. The second-order valence-electron chi connectivity index (χ2n) is 4.55. The summed E-state index contributed by atoms with van der Waals surface area (Å²) in [5, 5.41) is 10.8. The fourth-order valence-corrected chi connectivity index (χ4v) is 1.33. The molecule has 0 N–H and O–H groups in total. The molecular weight excluding hydrogens is 238 g/mol. The quantitative estimate of drug-likeness (QED) is 0.456. The van der Waals surface area contributed by atoms with Crippen molar-refractivity contribution < 1.29 is 19.5 Å². The zero-order valence-corrected chi connectivity index (χ0v) is 10.5. The third-order valence-electron chi connectivity index (χ3n) is 2.31. The molecule has 98 valence electrons. The molecule has 0 aromatic heterocycles. The van der Waals surface area contributed by atoms with Crippen LogP contribution in [0.4, 0.5) is 0 Å². The Kier molecular flexibility index (Phi) is 4.25. The van der Waals surface area contributed by atoms with Crippen LogP contribution < -0.4 is 4.89 Å². The van der Waals surface area contributed by atoms with Gasteiger partial charge in [-0.05, 0) is 17.7 Å². The normalized spacial score (nSPS) is 10.8. The maximum atomic E-state index is 10.8. The van der Waals surface area contributed by atoms with Crippen LogP contribution in [0.3, 0.4) is 0 Å². The number of carbonyl (C=O) groups is 1. The van der Waals surface area contributed by atoms with Crippen molar-refractivity contribution in [3.63, 3.8) is 0 Å². The standard InChI is InChI=1S/C12H15NO5/c1-9(14)17-18-11-6-4-10(5-7-11)8-12(2,3)13(15)16/h4-7H,8H2,1-3H3. The number of rotatable bonds is 5. The highest BCUT2D eigenvalue weighted by Crippen LogP contribution is 2.19. The van der Waals surface area contributed by atoms with Crippen molar-refractivity contribution in [2.24, 2.45) is 0 Å². The molecule has 0 saturated carbocycles. The molecule has 0 spiro atoms. The van der Waals surface area contributed by atoms with Crippen molar-refractivity contribution in [3.8, 4) is 5.75 Å². The van der Waals surface area contributed by atoms with Gasteiger partial charge < -0.3 is 0 Å². The van der Waals surface area contributed by atoms with E-state index in [0.717, 1.165) is 5.56 Å². The Morgan fingerprint density at radius 1 is 1.33 bits per heavy atom. The van der Waals surface area contributed by atoms with Gasteiger partial charge in [-0.1, -0.05) is 12.1 Å². The Bertz CT molecular complexity index is 438. The van der Waals surface area contributed by atoms with E-state index >= 15 is 0 Å². The van der Waals surface area contributed by atoms with Crippen LogP contribution in [-0.2, 0) is 16.1 Å². The van der Waals surface area contributed by atoms with Gasteiger partial charge in [0.05, 0.1) is 0 Å². The van der Waals surface area contributed by atoms with Crippen molar-refractivity contribution in [2.75, 3.05) is 0 Å². The molecule has 0 aliphatic carbocycles. The lowest BCUT2D eigenvalue weighted by molar-refractivity contribution is -0.560. The summed E-state index contributed by atoms with van der Waals surface area (Å²) in [6.45, 7) is 4.36. The van der Waals surface area contributed by atoms with Gasteiger partial charge in [0.15, 0.2) is 5.75 Å². The highest BCUT2D eigenvalue weighted by molar-refractivity contribution is 5.65. The van der Waals surface area contributed by atoms with E-state index in [1.54, 1.807) is 38.1 Å².